The van der Waals surface area contributed by atoms with Crippen LogP contribution in [-0.2, 0) is 0 Å². The molecule has 4 rings (SSSR count). The highest BCUT2D eigenvalue weighted by molar-refractivity contribution is 6.15. The lowest BCUT2D eigenvalue weighted by atomic mass is 10.1. The SMILES string of the molecule is CN1C2=NC(O)CCN2c2ncc(-c3ccccc3)cc21. The van der Waals surface area contributed by atoms with Crippen molar-refractivity contribution >= 4 is 17.5 Å². The van der Waals surface area contributed by atoms with Gasteiger partial charge in [-0.3, -0.25) is 4.90 Å². The quantitative estimate of drug-likeness (QED) is 0.869. The van der Waals surface area contributed by atoms with Crippen LogP contribution in [0.2, 0.25) is 0 Å². The largest absolute Gasteiger partial charge is 0.372 e. The van der Waals surface area contributed by atoms with Gasteiger partial charge in [-0.2, -0.15) is 0 Å². The molecule has 0 aliphatic carbocycles. The second-order valence-electron chi connectivity index (χ2n) is 5.34. The third kappa shape index (κ3) is 1.89. The summed E-state index contributed by atoms with van der Waals surface area (Å²) < 4.78 is 0. The molecule has 2 aliphatic rings. The fraction of sp³-hybridized carbons (Fsp3) is 0.250. The molecule has 0 spiro atoms. The molecule has 21 heavy (non-hydrogen) atoms. The lowest BCUT2D eigenvalue weighted by Crippen LogP contribution is -2.42. The predicted octanol–water partition coefficient (Wildman–Crippen LogP) is 2.08. The summed E-state index contributed by atoms with van der Waals surface area (Å²) in [4.78, 5) is 13.0. The first-order chi connectivity index (χ1) is 10.2. The van der Waals surface area contributed by atoms with Crippen molar-refractivity contribution < 1.29 is 5.11 Å². The van der Waals surface area contributed by atoms with Gasteiger partial charge in [0.25, 0.3) is 0 Å². The number of aliphatic imine (C=N–C) groups is 1. The maximum Gasteiger partial charge on any atom is 0.209 e. The molecule has 1 atom stereocenters. The van der Waals surface area contributed by atoms with Gasteiger partial charge in [-0.1, -0.05) is 30.3 Å². The van der Waals surface area contributed by atoms with E-state index in [4.69, 9.17) is 0 Å². The van der Waals surface area contributed by atoms with E-state index in [-0.39, 0.29) is 0 Å². The van der Waals surface area contributed by atoms with Crippen molar-refractivity contribution in [3.05, 3.63) is 42.6 Å². The number of benzene rings is 1. The number of aromatic nitrogens is 1. The van der Waals surface area contributed by atoms with Gasteiger partial charge in [0.2, 0.25) is 5.96 Å². The van der Waals surface area contributed by atoms with Crippen molar-refractivity contribution in [3.8, 4) is 11.1 Å². The van der Waals surface area contributed by atoms with Gasteiger partial charge in [0.15, 0.2) is 12.0 Å². The molecule has 5 heteroatoms. The molecule has 2 aliphatic heterocycles. The number of anilines is 2. The van der Waals surface area contributed by atoms with Gasteiger partial charge < -0.3 is 10.0 Å². The van der Waals surface area contributed by atoms with Crippen molar-refractivity contribution in [3.63, 3.8) is 0 Å². The zero-order chi connectivity index (χ0) is 14.4. The van der Waals surface area contributed by atoms with Crippen LogP contribution in [-0.4, -0.2) is 35.9 Å². The number of guanidine groups is 1. The Hall–Kier alpha value is -2.40. The summed E-state index contributed by atoms with van der Waals surface area (Å²) in [5, 5.41) is 9.72. The summed E-state index contributed by atoms with van der Waals surface area (Å²) in [7, 11) is 1.96. The Kier molecular flexibility index (Phi) is 2.68. The van der Waals surface area contributed by atoms with E-state index >= 15 is 0 Å². The minimum Gasteiger partial charge on any atom is -0.372 e. The molecule has 0 radical (unpaired) electrons. The topological polar surface area (TPSA) is 52.0 Å². The molecule has 0 amide bonds. The van der Waals surface area contributed by atoms with Crippen LogP contribution < -0.4 is 9.80 Å². The Morgan fingerprint density at radius 1 is 1.19 bits per heavy atom. The molecule has 1 N–H and O–H groups in total. The number of hydrogen-bond acceptors (Lipinski definition) is 5. The van der Waals surface area contributed by atoms with Gasteiger partial charge in [0.05, 0.1) is 5.69 Å². The third-order valence-electron chi connectivity index (χ3n) is 3.99. The number of rotatable bonds is 1. The molecule has 0 fully saturated rings. The van der Waals surface area contributed by atoms with E-state index in [0.717, 1.165) is 35.1 Å². The molecule has 106 valence electrons. The molecule has 1 aromatic heterocycles. The Morgan fingerprint density at radius 3 is 2.81 bits per heavy atom. The number of aliphatic hydroxyl groups is 1. The van der Waals surface area contributed by atoms with Gasteiger partial charge in [0.1, 0.15) is 0 Å². The molecule has 2 aromatic rings. The van der Waals surface area contributed by atoms with Crippen molar-refractivity contribution in [2.75, 3.05) is 23.4 Å². The molecule has 0 saturated heterocycles. The van der Waals surface area contributed by atoms with E-state index in [9.17, 15) is 5.11 Å². The molecular formula is C16H16N4O. The summed E-state index contributed by atoms with van der Waals surface area (Å²) in [6.45, 7) is 0.745. The summed E-state index contributed by atoms with van der Waals surface area (Å²) >= 11 is 0. The molecular weight excluding hydrogens is 264 g/mol. The summed E-state index contributed by atoms with van der Waals surface area (Å²) in [6, 6.07) is 12.3. The lowest BCUT2D eigenvalue weighted by molar-refractivity contribution is 0.172. The van der Waals surface area contributed by atoms with Crippen molar-refractivity contribution in [1.29, 1.82) is 0 Å². The first-order valence-electron chi connectivity index (χ1n) is 7.06. The van der Waals surface area contributed by atoms with Crippen molar-refractivity contribution in [2.45, 2.75) is 12.6 Å². The minimum atomic E-state index is -0.610. The van der Waals surface area contributed by atoms with Gasteiger partial charge in [0, 0.05) is 31.8 Å². The van der Waals surface area contributed by atoms with E-state index in [1.54, 1.807) is 0 Å². The van der Waals surface area contributed by atoms with Crippen LogP contribution in [0.5, 0.6) is 0 Å². The summed E-state index contributed by atoms with van der Waals surface area (Å²) in [6.07, 6.45) is 1.93. The highest BCUT2D eigenvalue weighted by Gasteiger charge is 2.35. The first kappa shape index (κ1) is 12.3. The second-order valence-corrected chi connectivity index (χ2v) is 5.34. The van der Waals surface area contributed by atoms with E-state index in [2.05, 4.69) is 33.1 Å². The molecule has 5 nitrogen and oxygen atoms in total. The number of fused-ring (bicyclic) bond motifs is 3. The van der Waals surface area contributed by atoms with Crippen molar-refractivity contribution in [2.24, 2.45) is 4.99 Å². The summed E-state index contributed by atoms with van der Waals surface area (Å²) in [5.41, 5.74) is 3.26. The van der Waals surface area contributed by atoms with E-state index < -0.39 is 6.23 Å². The van der Waals surface area contributed by atoms with E-state index in [1.807, 2.05) is 36.3 Å². The third-order valence-corrected chi connectivity index (χ3v) is 3.99. The van der Waals surface area contributed by atoms with Gasteiger partial charge in [-0.05, 0) is 11.6 Å². The monoisotopic (exact) mass is 280 g/mol. The van der Waals surface area contributed by atoms with Gasteiger partial charge in [-0.25, -0.2) is 9.98 Å². The normalized spacial score (nSPS) is 20.1. The maximum absolute atomic E-state index is 9.72. The van der Waals surface area contributed by atoms with E-state index in [1.165, 1.54) is 0 Å². The highest BCUT2D eigenvalue weighted by atomic mass is 16.3. The Bertz CT molecular complexity index is 713. The number of nitrogens with zero attached hydrogens (tertiary/aromatic N) is 4. The molecule has 0 bridgehead atoms. The van der Waals surface area contributed by atoms with Gasteiger partial charge >= 0.3 is 0 Å². The number of aliphatic hydroxyl groups excluding tert-OH is 1. The van der Waals surface area contributed by atoms with Crippen molar-refractivity contribution in [1.82, 2.24) is 4.98 Å². The summed E-state index contributed by atoms with van der Waals surface area (Å²) in [5.74, 6) is 1.70. The van der Waals surface area contributed by atoms with Crippen LogP contribution in [0.25, 0.3) is 11.1 Å². The smallest absolute Gasteiger partial charge is 0.209 e. The zero-order valence-electron chi connectivity index (χ0n) is 11.8. The molecule has 0 saturated carbocycles. The van der Waals surface area contributed by atoms with Crippen LogP contribution in [0.1, 0.15) is 6.42 Å². The highest BCUT2D eigenvalue weighted by Crippen LogP contribution is 2.38. The molecule has 1 unspecified atom stereocenters. The van der Waals surface area contributed by atoms with Crippen LogP contribution in [0.15, 0.2) is 47.6 Å². The first-order valence-corrected chi connectivity index (χ1v) is 7.06. The predicted molar refractivity (Wildman–Crippen MR) is 83.5 cm³/mol. The number of pyridine rings is 1. The average Bonchev–Trinajstić information content (AvgIpc) is 2.80. The molecule has 1 aromatic carbocycles. The standard InChI is InChI=1S/C16H16N4O/c1-19-13-9-12(11-5-3-2-4-6-11)10-17-15(13)20-8-7-14(21)18-16(19)20/h2-6,9-10,14,21H,7-8H2,1H3. The minimum absolute atomic E-state index is 0.610. The fourth-order valence-corrected chi connectivity index (χ4v) is 2.88. The Labute approximate surface area is 123 Å². The van der Waals surface area contributed by atoms with Crippen LogP contribution in [0, 0.1) is 0 Å². The lowest BCUT2D eigenvalue weighted by Gasteiger charge is -2.26. The number of hydrogen-bond donors (Lipinski definition) is 1. The maximum atomic E-state index is 9.72. The Balaban J connectivity index is 1.80. The fourth-order valence-electron chi connectivity index (χ4n) is 2.88. The second kappa shape index (κ2) is 4.56. The zero-order valence-corrected chi connectivity index (χ0v) is 11.8. The van der Waals surface area contributed by atoms with E-state index in [0.29, 0.717) is 6.42 Å². The van der Waals surface area contributed by atoms with Crippen LogP contribution in [0.4, 0.5) is 11.5 Å². The molecule has 3 heterocycles. The Morgan fingerprint density at radius 2 is 2.00 bits per heavy atom. The average molecular weight is 280 g/mol. The van der Waals surface area contributed by atoms with Crippen LogP contribution in [0.3, 0.4) is 0 Å². The van der Waals surface area contributed by atoms with Crippen LogP contribution >= 0.6 is 0 Å². The van der Waals surface area contributed by atoms with Gasteiger partial charge in [-0.15, -0.1) is 0 Å².